The molecule has 19 heavy (non-hydrogen) atoms. The summed E-state index contributed by atoms with van der Waals surface area (Å²) in [7, 11) is 0. The molecule has 2 aromatic rings. The maximum absolute atomic E-state index is 6.13. The normalized spacial score (nSPS) is 12.2. The SMILES string of the molecule is CC(N)Cc1cccnc1Oc1ccc(Br)cc1Cl. The quantitative estimate of drug-likeness (QED) is 0.907. The smallest absolute Gasteiger partial charge is 0.222 e. The van der Waals surface area contributed by atoms with E-state index in [1.807, 2.05) is 25.1 Å². The highest BCUT2D eigenvalue weighted by Gasteiger charge is 2.10. The number of nitrogens with two attached hydrogens (primary N) is 1. The summed E-state index contributed by atoms with van der Waals surface area (Å²) in [6.07, 6.45) is 2.39. The zero-order valence-electron chi connectivity index (χ0n) is 10.4. The van der Waals surface area contributed by atoms with Crippen LogP contribution in [-0.2, 0) is 6.42 Å². The van der Waals surface area contributed by atoms with Crippen LogP contribution in [0.3, 0.4) is 0 Å². The molecular formula is C14H14BrClN2O. The van der Waals surface area contributed by atoms with Gasteiger partial charge in [0.05, 0.1) is 5.02 Å². The van der Waals surface area contributed by atoms with Gasteiger partial charge in [-0.3, -0.25) is 0 Å². The highest BCUT2D eigenvalue weighted by molar-refractivity contribution is 9.10. The van der Waals surface area contributed by atoms with Crippen molar-refractivity contribution in [3.8, 4) is 11.6 Å². The van der Waals surface area contributed by atoms with Crippen molar-refractivity contribution in [3.05, 3.63) is 51.6 Å². The third-order valence-corrected chi connectivity index (χ3v) is 3.28. The molecule has 0 aliphatic carbocycles. The Bertz CT molecular complexity index is 575. The van der Waals surface area contributed by atoms with Crippen molar-refractivity contribution in [3.63, 3.8) is 0 Å². The van der Waals surface area contributed by atoms with E-state index in [0.29, 0.717) is 23.1 Å². The van der Waals surface area contributed by atoms with Gasteiger partial charge in [0.25, 0.3) is 0 Å². The van der Waals surface area contributed by atoms with Crippen LogP contribution in [0.5, 0.6) is 11.6 Å². The molecule has 1 unspecified atom stereocenters. The highest BCUT2D eigenvalue weighted by Crippen LogP contribution is 2.32. The second kappa shape index (κ2) is 6.37. The molecule has 0 aliphatic heterocycles. The Morgan fingerprint density at radius 3 is 2.89 bits per heavy atom. The number of rotatable bonds is 4. The van der Waals surface area contributed by atoms with Gasteiger partial charge in [0.15, 0.2) is 0 Å². The van der Waals surface area contributed by atoms with Crippen molar-refractivity contribution < 1.29 is 4.74 Å². The van der Waals surface area contributed by atoms with Crippen LogP contribution in [0.2, 0.25) is 5.02 Å². The Morgan fingerprint density at radius 1 is 1.42 bits per heavy atom. The van der Waals surface area contributed by atoms with E-state index in [4.69, 9.17) is 22.1 Å². The first-order valence-corrected chi connectivity index (χ1v) is 7.05. The lowest BCUT2D eigenvalue weighted by Crippen LogP contribution is -2.18. The van der Waals surface area contributed by atoms with Gasteiger partial charge >= 0.3 is 0 Å². The number of nitrogens with zero attached hydrogens (tertiary/aromatic N) is 1. The van der Waals surface area contributed by atoms with E-state index < -0.39 is 0 Å². The fourth-order valence-electron chi connectivity index (χ4n) is 1.68. The third kappa shape index (κ3) is 3.93. The summed E-state index contributed by atoms with van der Waals surface area (Å²) >= 11 is 9.49. The average molecular weight is 342 g/mol. The summed E-state index contributed by atoms with van der Waals surface area (Å²) in [5.74, 6) is 1.12. The van der Waals surface area contributed by atoms with Crippen molar-refractivity contribution in [2.75, 3.05) is 0 Å². The van der Waals surface area contributed by atoms with E-state index >= 15 is 0 Å². The lowest BCUT2D eigenvalue weighted by Gasteiger charge is -2.12. The lowest BCUT2D eigenvalue weighted by molar-refractivity contribution is 0.454. The molecule has 0 radical (unpaired) electrons. The molecule has 1 aromatic heterocycles. The molecule has 3 nitrogen and oxygen atoms in total. The van der Waals surface area contributed by atoms with Crippen molar-refractivity contribution in [2.45, 2.75) is 19.4 Å². The minimum absolute atomic E-state index is 0.0481. The molecule has 1 heterocycles. The Hall–Kier alpha value is -1.10. The van der Waals surface area contributed by atoms with Crippen LogP contribution in [0.1, 0.15) is 12.5 Å². The second-order valence-corrected chi connectivity index (χ2v) is 5.65. The molecule has 2 rings (SSSR count). The molecule has 1 atom stereocenters. The third-order valence-electron chi connectivity index (χ3n) is 2.49. The van der Waals surface area contributed by atoms with E-state index in [2.05, 4.69) is 20.9 Å². The molecule has 0 fully saturated rings. The maximum atomic E-state index is 6.13. The number of ether oxygens (including phenoxy) is 1. The first-order chi connectivity index (χ1) is 9.06. The summed E-state index contributed by atoms with van der Waals surface area (Å²) in [5.41, 5.74) is 6.79. The first-order valence-electron chi connectivity index (χ1n) is 5.88. The van der Waals surface area contributed by atoms with Gasteiger partial charge in [-0.2, -0.15) is 0 Å². The van der Waals surface area contributed by atoms with Crippen LogP contribution >= 0.6 is 27.5 Å². The van der Waals surface area contributed by atoms with Crippen LogP contribution < -0.4 is 10.5 Å². The number of pyridine rings is 1. The van der Waals surface area contributed by atoms with Gasteiger partial charge < -0.3 is 10.5 Å². The summed E-state index contributed by atoms with van der Waals surface area (Å²) in [4.78, 5) is 4.24. The van der Waals surface area contributed by atoms with Gasteiger partial charge in [-0.25, -0.2) is 4.98 Å². The summed E-state index contributed by atoms with van der Waals surface area (Å²) in [6, 6.07) is 9.33. The van der Waals surface area contributed by atoms with E-state index in [9.17, 15) is 0 Å². The molecule has 0 spiro atoms. The number of aromatic nitrogens is 1. The topological polar surface area (TPSA) is 48.1 Å². The van der Waals surface area contributed by atoms with Gasteiger partial charge in [-0.05, 0) is 37.6 Å². The molecule has 5 heteroatoms. The van der Waals surface area contributed by atoms with Gasteiger partial charge in [0, 0.05) is 22.3 Å². The van der Waals surface area contributed by atoms with Gasteiger partial charge in [0.1, 0.15) is 5.75 Å². The number of benzene rings is 1. The summed E-state index contributed by atoms with van der Waals surface area (Å²) in [6.45, 7) is 1.95. The Labute approximate surface area is 125 Å². The van der Waals surface area contributed by atoms with Crippen molar-refractivity contribution in [1.29, 1.82) is 0 Å². The van der Waals surface area contributed by atoms with Crippen LogP contribution in [0, 0.1) is 0 Å². The fraction of sp³-hybridized carbons (Fsp3) is 0.214. The van der Waals surface area contributed by atoms with Crippen LogP contribution in [-0.4, -0.2) is 11.0 Å². The van der Waals surface area contributed by atoms with Crippen molar-refractivity contribution >= 4 is 27.5 Å². The minimum Gasteiger partial charge on any atom is -0.437 e. The molecule has 0 saturated heterocycles. The van der Waals surface area contributed by atoms with Gasteiger partial charge in [-0.15, -0.1) is 0 Å². The molecule has 100 valence electrons. The Balaban J connectivity index is 2.27. The molecule has 0 aliphatic rings. The predicted octanol–water partition coefficient (Wildman–Crippen LogP) is 4.18. The van der Waals surface area contributed by atoms with E-state index in [1.165, 1.54) is 0 Å². The summed E-state index contributed by atoms with van der Waals surface area (Å²) in [5, 5.41) is 0.534. The number of hydrogen-bond acceptors (Lipinski definition) is 3. The highest BCUT2D eigenvalue weighted by atomic mass is 79.9. The lowest BCUT2D eigenvalue weighted by atomic mass is 10.1. The van der Waals surface area contributed by atoms with Gasteiger partial charge in [0.2, 0.25) is 5.88 Å². The zero-order valence-corrected chi connectivity index (χ0v) is 12.8. The maximum Gasteiger partial charge on any atom is 0.222 e. The first kappa shape index (κ1) is 14.3. The molecule has 2 N–H and O–H groups in total. The number of hydrogen-bond donors (Lipinski definition) is 1. The Morgan fingerprint density at radius 2 is 2.21 bits per heavy atom. The molecule has 0 amide bonds. The van der Waals surface area contributed by atoms with Crippen LogP contribution in [0.15, 0.2) is 41.0 Å². The molecular weight excluding hydrogens is 328 g/mol. The monoisotopic (exact) mass is 340 g/mol. The average Bonchev–Trinajstić information content (AvgIpc) is 2.34. The van der Waals surface area contributed by atoms with Crippen LogP contribution in [0.25, 0.3) is 0 Å². The van der Waals surface area contributed by atoms with Crippen LogP contribution in [0.4, 0.5) is 0 Å². The Kier molecular flexibility index (Phi) is 4.80. The molecule has 0 saturated carbocycles. The van der Waals surface area contributed by atoms with Crippen molar-refractivity contribution in [1.82, 2.24) is 4.98 Å². The molecule has 1 aromatic carbocycles. The van der Waals surface area contributed by atoms with E-state index in [-0.39, 0.29) is 6.04 Å². The summed E-state index contributed by atoms with van der Waals surface area (Å²) < 4.78 is 6.68. The number of halogens is 2. The molecule has 0 bridgehead atoms. The largest absolute Gasteiger partial charge is 0.437 e. The fourth-order valence-corrected chi connectivity index (χ4v) is 2.39. The van der Waals surface area contributed by atoms with E-state index in [1.54, 1.807) is 18.3 Å². The van der Waals surface area contributed by atoms with Gasteiger partial charge in [-0.1, -0.05) is 33.6 Å². The zero-order chi connectivity index (χ0) is 13.8. The second-order valence-electron chi connectivity index (χ2n) is 4.33. The minimum atomic E-state index is 0.0481. The predicted molar refractivity (Wildman–Crippen MR) is 80.8 cm³/mol. The van der Waals surface area contributed by atoms with E-state index in [0.717, 1.165) is 10.0 Å². The van der Waals surface area contributed by atoms with Crippen molar-refractivity contribution in [2.24, 2.45) is 5.73 Å². The standard InChI is InChI=1S/C14H14BrClN2O/c1-9(17)7-10-3-2-6-18-14(10)19-13-5-4-11(15)8-12(13)16/h2-6,8-9H,7,17H2,1H3.